The average Bonchev–Trinajstić information content (AvgIpc) is 2.94. The van der Waals surface area contributed by atoms with Crippen LogP contribution in [0.25, 0.3) is 11.0 Å². The van der Waals surface area contributed by atoms with Crippen LogP contribution in [0.5, 0.6) is 0 Å². The third-order valence-electron chi connectivity index (χ3n) is 3.68. The molecule has 7 nitrogen and oxygen atoms in total. The monoisotopic (exact) mass is 340 g/mol. The summed E-state index contributed by atoms with van der Waals surface area (Å²) in [6.45, 7) is 4.24. The molecule has 1 aliphatic heterocycles. The van der Waals surface area contributed by atoms with Gasteiger partial charge in [-0.25, -0.2) is 8.42 Å². The van der Waals surface area contributed by atoms with Gasteiger partial charge in [0.1, 0.15) is 22.0 Å². The van der Waals surface area contributed by atoms with E-state index in [1.54, 1.807) is 12.1 Å². The Labute approximate surface area is 132 Å². The summed E-state index contributed by atoms with van der Waals surface area (Å²) >= 11 is 0.975. The fourth-order valence-electron chi connectivity index (χ4n) is 2.68. The zero-order valence-electron chi connectivity index (χ0n) is 12.2. The van der Waals surface area contributed by atoms with Crippen LogP contribution >= 0.6 is 11.7 Å². The molecule has 0 unspecified atom stereocenters. The van der Waals surface area contributed by atoms with E-state index in [-0.39, 0.29) is 23.3 Å². The molecule has 3 rings (SSSR count). The highest BCUT2D eigenvalue weighted by molar-refractivity contribution is 7.89. The number of amides is 1. The van der Waals surface area contributed by atoms with Gasteiger partial charge < -0.3 is 5.32 Å². The maximum absolute atomic E-state index is 13.0. The van der Waals surface area contributed by atoms with Crippen molar-refractivity contribution in [2.45, 2.75) is 24.8 Å². The topological polar surface area (TPSA) is 92.3 Å². The third kappa shape index (κ3) is 2.38. The Kier molecular flexibility index (Phi) is 3.87. The molecule has 22 heavy (non-hydrogen) atoms. The first-order chi connectivity index (χ1) is 10.4. The Hall–Kier alpha value is -1.58. The molecule has 0 aliphatic carbocycles. The van der Waals surface area contributed by atoms with Crippen LogP contribution < -0.4 is 5.32 Å². The molecule has 1 N–H and O–H groups in total. The van der Waals surface area contributed by atoms with Gasteiger partial charge >= 0.3 is 0 Å². The summed E-state index contributed by atoms with van der Waals surface area (Å²) in [4.78, 5) is 12.2. The lowest BCUT2D eigenvalue weighted by molar-refractivity contribution is -0.128. The fourth-order valence-corrected chi connectivity index (χ4v) is 5.16. The predicted molar refractivity (Wildman–Crippen MR) is 82.9 cm³/mol. The fraction of sp³-hybridized carbons (Fsp3) is 0.462. The minimum atomic E-state index is -3.81. The summed E-state index contributed by atoms with van der Waals surface area (Å²) in [6.07, 6.45) is 0. The van der Waals surface area contributed by atoms with Gasteiger partial charge in [0.05, 0.1) is 11.7 Å². The number of piperazine rings is 1. The molecule has 0 saturated carbocycles. The number of rotatable bonds is 3. The van der Waals surface area contributed by atoms with Crippen molar-refractivity contribution in [3.8, 4) is 0 Å². The summed E-state index contributed by atoms with van der Waals surface area (Å²) in [5, 5.41) is 2.73. The number of nitrogens with one attached hydrogen (secondary N) is 1. The van der Waals surface area contributed by atoms with E-state index in [2.05, 4.69) is 14.1 Å². The van der Waals surface area contributed by atoms with E-state index in [0.717, 1.165) is 11.7 Å². The second kappa shape index (κ2) is 5.56. The molecule has 1 amide bonds. The molecule has 0 radical (unpaired) electrons. The van der Waals surface area contributed by atoms with Crippen molar-refractivity contribution in [2.75, 3.05) is 13.1 Å². The summed E-state index contributed by atoms with van der Waals surface area (Å²) in [7, 11) is -3.81. The first-order valence-electron chi connectivity index (χ1n) is 6.94. The summed E-state index contributed by atoms with van der Waals surface area (Å²) in [5.74, 6) is -0.378. The molecule has 0 bridgehead atoms. The average molecular weight is 340 g/mol. The van der Waals surface area contributed by atoms with Crippen LogP contribution in [0.1, 0.15) is 13.8 Å². The van der Waals surface area contributed by atoms with Gasteiger partial charge in [0, 0.05) is 13.1 Å². The maximum atomic E-state index is 13.0. The number of aromatic nitrogens is 2. The van der Waals surface area contributed by atoms with Gasteiger partial charge in [0.2, 0.25) is 15.9 Å². The van der Waals surface area contributed by atoms with E-state index in [9.17, 15) is 13.2 Å². The number of carbonyl (C=O) groups excluding carboxylic acids is 1. The first kappa shape index (κ1) is 15.3. The van der Waals surface area contributed by atoms with Gasteiger partial charge in [-0.05, 0) is 18.1 Å². The third-order valence-corrected chi connectivity index (χ3v) is 6.13. The minimum absolute atomic E-state index is 0.110. The van der Waals surface area contributed by atoms with Gasteiger partial charge in [-0.3, -0.25) is 4.79 Å². The van der Waals surface area contributed by atoms with Crippen LogP contribution in [0.2, 0.25) is 0 Å². The molecule has 9 heteroatoms. The second-order valence-corrected chi connectivity index (χ2v) is 7.87. The molecular weight excluding hydrogens is 324 g/mol. The van der Waals surface area contributed by atoms with E-state index in [0.29, 0.717) is 17.6 Å². The Morgan fingerprint density at radius 2 is 2.14 bits per heavy atom. The number of benzene rings is 1. The number of hydrogen-bond donors (Lipinski definition) is 1. The number of carbonyl (C=O) groups is 1. The quantitative estimate of drug-likeness (QED) is 0.894. The van der Waals surface area contributed by atoms with Crippen molar-refractivity contribution < 1.29 is 13.2 Å². The summed E-state index contributed by atoms with van der Waals surface area (Å²) in [5.41, 5.74) is 0.912. The molecule has 1 aromatic heterocycles. The van der Waals surface area contributed by atoms with Crippen LogP contribution in [-0.2, 0) is 14.8 Å². The highest BCUT2D eigenvalue weighted by atomic mass is 32.2. The largest absolute Gasteiger partial charge is 0.353 e. The van der Waals surface area contributed by atoms with Crippen molar-refractivity contribution in [2.24, 2.45) is 5.92 Å². The standard InChI is InChI=1S/C13H16N4O3S2/c1-8(2)12-13(18)14-6-7-17(12)22(19,20)10-5-3-4-9-11(10)16-21-15-9/h3-5,8,12H,6-7H2,1-2H3,(H,14,18)/t12-/m1/s1. The highest BCUT2D eigenvalue weighted by Gasteiger charge is 2.40. The van der Waals surface area contributed by atoms with Crippen LogP contribution in [0, 0.1) is 5.92 Å². The zero-order chi connectivity index (χ0) is 15.9. The van der Waals surface area contributed by atoms with Crippen LogP contribution in [0.15, 0.2) is 23.1 Å². The van der Waals surface area contributed by atoms with Crippen molar-refractivity contribution in [3.63, 3.8) is 0 Å². The van der Waals surface area contributed by atoms with Gasteiger partial charge in [0.15, 0.2) is 0 Å². The molecule has 1 saturated heterocycles. The van der Waals surface area contributed by atoms with Crippen LogP contribution in [0.4, 0.5) is 0 Å². The van der Waals surface area contributed by atoms with Crippen molar-refractivity contribution in [3.05, 3.63) is 18.2 Å². The molecule has 1 aromatic carbocycles. The lowest BCUT2D eigenvalue weighted by Gasteiger charge is -2.36. The van der Waals surface area contributed by atoms with Crippen LogP contribution in [0.3, 0.4) is 0 Å². The maximum Gasteiger partial charge on any atom is 0.246 e. The van der Waals surface area contributed by atoms with Gasteiger partial charge in [-0.1, -0.05) is 19.9 Å². The molecule has 0 spiro atoms. The normalized spacial score (nSPS) is 20.5. The predicted octanol–water partition coefficient (Wildman–Crippen LogP) is 0.836. The van der Waals surface area contributed by atoms with Crippen LogP contribution in [-0.4, -0.2) is 46.5 Å². The highest BCUT2D eigenvalue weighted by Crippen LogP contribution is 2.28. The Balaban J connectivity index is 2.12. The zero-order valence-corrected chi connectivity index (χ0v) is 13.8. The first-order valence-corrected chi connectivity index (χ1v) is 9.11. The van der Waals surface area contributed by atoms with Crippen molar-refractivity contribution >= 4 is 38.7 Å². The molecular formula is C13H16N4O3S2. The SMILES string of the molecule is CC(C)[C@@H]1C(=O)NCCN1S(=O)(=O)c1cccc2nsnc12. The lowest BCUT2D eigenvalue weighted by atomic mass is 10.0. The molecule has 2 aromatic rings. The summed E-state index contributed by atoms with van der Waals surface area (Å²) < 4.78 is 35.5. The summed E-state index contributed by atoms with van der Waals surface area (Å²) in [6, 6.07) is 4.18. The Bertz CT molecular complexity index is 816. The smallest absolute Gasteiger partial charge is 0.246 e. The Morgan fingerprint density at radius 1 is 1.36 bits per heavy atom. The lowest BCUT2D eigenvalue weighted by Crippen LogP contribution is -2.59. The van der Waals surface area contributed by atoms with E-state index in [1.807, 2.05) is 13.8 Å². The van der Waals surface area contributed by atoms with E-state index in [1.165, 1.54) is 10.4 Å². The molecule has 1 fully saturated rings. The van der Waals surface area contributed by atoms with Crippen molar-refractivity contribution in [1.29, 1.82) is 0 Å². The minimum Gasteiger partial charge on any atom is -0.353 e. The van der Waals surface area contributed by atoms with E-state index in [4.69, 9.17) is 0 Å². The second-order valence-electron chi connectivity index (χ2n) is 5.48. The molecule has 2 heterocycles. The van der Waals surface area contributed by atoms with E-state index < -0.39 is 16.1 Å². The van der Waals surface area contributed by atoms with Gasteiger partial charge in [-0.2, -0.15) is 13.1 Å². The number of fused-ring (bicyclic) bond motifs is 1. The molecule has 1 atom stereocenters. The number of hydrogen-bond acceptors (Lipinski definition) is 6. The number of nitrogens with zero attached hydrogens (tertiary/aromatic N) is 3. The Morgan fingerprint density at radius 3 is 2.86 bits per heavy atom. The van der Waals surface area contributed by atoms with Gasteiger partial charge in [0.25, 0.3) is 0 Å². The molecule has 1 aliphatic rings. The van der Waals surface area contributed by atoms with Crippen molar-refractivity contribution in [1.82, 2.24) is 18.4 Å². The van der Waals surface area contributed by atoms with Gasteiger partial charge in [-0.15, -0.1) is 0 Å². The number of sulfonamides is 1. The molecule has 118 valence electrons. The van der Waals surface area contributed by atoms with E-state index >= 15 is 0 Å².